The number of fused-ring (bicyclic) bond motifs is 1. The fraction of sp³-hybridized carbons (Fsp3) is 0.500. The molecule has 0 saturated heterocycles. The Morgan fingerprint density at radius 2 is 2.16 bits per heavy atom. The highest BCUT2D eigenvalue weighted by Gasteiger charge is 2.25. The lowest BCUT2D eigenvalue weighted by atomic mass is 9.90. The molecule has 2 aromatic rings. The summed E-state index contributed by atoms with van der Waals surface area (Å²) in [7, 11) is 2.06. The molecule has 2 unspecified atom stereocenters. The molecule has 5 nitrogen and oxygen atoms in total. The Bertz CT molecular complexity index is 631. The molecule has 19 heavy (non-hydrogen) atoms. The van der Waals surface area contributed by atoms with E-state index < -0.39 is 5.76 Å². The minimum Gasteiger partial charge on any atom is -0.408 e. The van der Waals surface area contributed by atoms with Gasteiger partial charge in [0.05, 0.1) is 5.52 Å². The number of aromatic amines is 1. The maximum absolute atomic E-state index is 11.2. The molecule has 3 N–H and O–H groups in total. The van der Waals surface area contributed by atoms with Gasteiger partial charge in [-0.3, -0.25) is 4.98 Å². The second kappa shape index (κ2) is 4.74. The SMILES string of the molecule is CN(c1ccc2[nH]c(=O)oc2c1)C1CCCCC1N. The van der Waals surface area contributed by atoms with E-state index in [0.29, 0.717) is 11.6 Å². The van der Waals surface area contributed by atoms with Crippen LogP contribution in [0.15, 0.2) is 27.4 Å². The number of benzene rings is 1. The summed E-state index contributed by atoms with van der Waals surface area (Å²) in [6.45, 7) is 0. The predicted octanol–water partition coefficient (Wildman–Crippen LogP) is 1.83. The Morgan fingerprint density at radius 1 is 1.37 bits per heavy atom. The second-order valence-electron chi connectivity index (χ2n) is 5.32. The van der Waals surface area contributed by atoms with Gasteiger partial charge in [0.25, 0.3) is 0 Å². The van der Waals surface area contributed by atoms with Crippen LogP contribution in [0.2, 0.25) is 0 Å². The molecule has 1 heterocycles. The fourth-order valence-electron chi connectivity index (χ4n) is 2.97. The van der Waals surface area contributed by atoms with Gasteiger partial charge in [-0.1, -0.05) is 12.8 Å². The average molecular weight is 261 g/mol. The molecule has 0 spiro atoms. The number of likely N-dealkylation sites (N-methyl/N-ethyl adjacent to an activating group) is 1. The molecule has 5 heteroatoms. The van der Waals surface area contributed by atoms with Gasteiger partial charge in [-0.15, -0.1) is 0 Å². The number of oxazole rings is 1. The molecule has 1 aromatic carbocycles. The van der Waals surface area contributed by atoms with Gasteiger partial charge in [-0.05, 0) is 25.0 Å². The summed E-state index contributed by atoms with van der Waals surface area (Å²) in [5, 5.41) is 0. The van der Waals surface area contributed by atoms with Crippen LogP contribution in [-0.4, -0.2) is 24.1 Å². The van der Waals surface area contributed by atoms with Crippen LogP contribution in [0.25, 0.3) is 11.1 Å². The van der Waals surface area contributed by atoms with Crippen molar-refractivity contribution < 1.29 is 4.42 Å². The minimum absolute atomic E-state index is 0.215. The normalized spacial score (nSPS) is 23.7. The van der Waals surface area contributed by atoms with Gasteiger partial charge >= 0.3 is 5.76 Å². The quantitative estimate of drug-likeness (QED) is 0.864. The molecular formula is C14H19N3O2. The lowest BCUT2D eigenvalue weighted by Crippen LogP contribution is -2.48. The van der Waals surface area contributed by atoms with E-state index >= 15 is 0 Å². The number of nitrogens with two attached hydrogens (primary N) is 1. The topological polar surface area (TPSA) is 75.3 Å². The third-order valence-corrected chi connectivity index (χ3v) is 4.09. The van der Waals surface area contributed by atoms with Gasteiger partial charge < -0.3 is 15.1 Å². The van der Waals surface area contributed by atoms with E-state index in [1.807, 2.05) is 18.2 Å². The molecule has 1 aromatic heterocycles. The lowest BCUT2D eigenvalue weighted by molar-refractivity contribution is 0.373. The summed E-state index contributed by atoms with van der Waals surface area (Å²) in [5.41, 5.74) is 8.58. The number of nitrogens with zero attached hydrogens (tertiary/aromatic N) is 1. The Morgan fingerprint density at radius 3 is 2.95 bits per heavy atom. The molecule has 102 valence electrons. The van der Waals surface area contributed by atoms with Gasteiger partial charge in [0, 0.05) is 30.9 Å². The van der Waals surface area contributed by atoms with Crippen LogP contribution >= 0.6 is 0 Å². The van der Waals surface area contributed by atoms with Crippen LogP contribution < -0.4 is 16.4 Å². The van der Waals surface area contributed by atoms with Gasteiger partial charge in [0.2, 0.25) is 0 Å². The Hall–Kier alpha value is -1.75. The maximum atomic E-state index is 11.2. The summed E-state index contributed by atoms with van der Waals surface area (Å²) in [5.74, 6) is -0.413. The molecule has 0 radical (unpaired) electrons. The van der Waals surface area contributed by atoms with Crippen LogP contribution in [0, 0.1) is 0 Å². The first-order valence-corrected chi connectivity index (χ1v) is 6.76. The van der Waals surface area contributed by atoms with Crippen molar-refractivity contribution in [1.82, 2.24) is 4.98 Å². The van der Waals surface area contributed by atoms with Crippen LogP contribution in [0.5, 0.6) is 0 Å². The summed E-state index contributed by atoms with van der Waals surface area (Å²) in [4.78, 5) is 16.0. The highest BCUT2D eigenvalue weighted by molar-refractivity contribution is 5.77. The largest absolute Gasteiger partial charge is 0.417 e. The third kappa shape index (κ3) is 2.26. The molecule has 2 atom stereocenters. The van der Waals surface area contributed by atoms with Crippen molar-refractivity contribution in [3.05, 3.63) is 28.7 Å². The van der Waals surface area contributed by atoms with E-state index in [9.17, 15) is 4.79 Å². The first-order valence-electron chi connectivity index (χ1n) is 6.76. The minimum atomic E-state index is -0.413. The number of rotatable bonds is 2. The highest BCUT2D eigenvalue weighted by Crippen LogP contribution is 2.27. The van der Waals surface area contributed by atoms with Crippen LogP contribution in [-0.2, 0) is 0 Å². The first kappa shape index (κ1) is 12.3. The number of aromatic nitrogens is 1. The number of anilines is 1. The maximum Gasteiger partial charge on any atom is 0.417 e. The average Bonchev–Trinajstić information content (AvgIpc) is 2.77. The van der Waals surface area contributed by atoms with Crippen LogP contribution in [0.1, 0.15) is 25.7 Å². The molecule has 0 amide bonds. The van der Waals surface area contributed by atoms with E-state index in [1.54, 1.807) is 0 Å². The zero-order chi connectivity index (χ0) is 13.4. The first-order chi connectivity index (χ1) is 9.15. The summed E-state index contributed by atoms with van der Waals surface area (Å²) in [6.07, 6.45) is 4.64. The fourth-order valence-corrected chi connectivity index (χ4v) is 2.97. The zero-order valence-corrected chi connectivity index (χ0v) is 11.1. The van der Waals surface area contributed by atoms with E-state index in [0.717, 1.165) is 24.0 Å². The van der Waals surface area contributed by atoms with Crippen molar-refractivity contribution in [2.45, 2.75) is 37.8 Å². The van der Waals surface area contributed by atoms with Crippen molar-refractivity contribution in [3.8, 4) is 0 Å². The standard InChI is InChI=1S/C14H19N3O2/c1-17(12-5-3-2-4-10(12)15)9-6-7-11-13(8-9)19-14(18)16-11/h6-8,10,12H,2-5,15H2,1H3,(H,16,18). The second-order valence-corrected chi connectivity index (χ2v) is 5.32. The molecule has 3 rings (SSSR count). The van der Waals surface area contributed by atoms with Crippen molar-refractivity contribution in [3.63, 3.8) is 0 Å². The Balaban J connectivity index is 1.91. The number of H-pyrrole nitrogens is 1. The molecular weight excluding hydrogens is 242 g/mol. The molecule has 0 aliphatic heterocycles. The van der Waals surface area contributed by atoms with Crippen molar-refractivity contribution in [2.24, 2.45) is 5.73 Å². The third-order valence-electron chi connectivity index (χ3n) is 4.09. The summed E-state index contributed by atoms with van der Waals surface area (Å²) in [6, 6.07) is 6.34. The molecule has 1 saturated carbocycles. The number of nitrogens with one attached hydrogen (secondary N) is 1. The molecule has 1 aliphatic rings. The van der Waals surface area contributed by atoms with Crippen molar-refractivity contribution >= 4 is 16.8 Å². The number of hydrogen-bond donors (Lipinski definition) is 2. The van der Waals surface area contributed by atoms with E-state index in [1.165, 1.54) is 12.8 Å². The smallest absolute Gasteiger partial charge is 0.408 e. The molecule has 1 aliphatic carbocycles. The molecule has 0 bridgehead atoms. The van der Waals surface area contributed by atoms with Crippen molar-refractivity contribution in [1.29, 1.82) is 0 Å². The van der Waals surface area contributed by atoms with Gasteiger partial charge in [0.15, 0.2) is 5.58 Å². The van der Waals surface area contributed by atoms with Crippen LogP contribution in [0.3, 0.4) is 0 Å². The predicted molar refractivity (Wildman–Crippen MR) is 75.5 cm³/mol. The summed E-state index contributed by atoms with van der Waals surface area (Å²) >= 11 is 0. The van der Waals surface area contributed by atoms with E-state index in [2.05, 4.69) is 16.9 Å². The Labute approximate surface area is 111 Å². The van der Waals surface area contributed by atoms with E-state index in [-0.39, 0.29) is 6.04 Å². The van der Waals surface area contributed by atoms with Gasteiger partial charge in [0.1, 0.15) is 0 Å². The van der Waals surface area contributed by atoms with Crippen molar-refractivity contribution in [2.75, 3.05) is 11.9 Å². The molecule has 1 fully saturated rings. The Kier molecular flexibility index (Phi) is 3.06. The summed E-state index contributed by atoms with van der Waals surface area (Å²) < 4.78 is 5.10. The lowest BCUT2D eigenvalue weighted by Gasteiger charge is -2.37. The van der Waals surface area contributed by atoms with Gasteiger partial charge in [-0.2, -0.15) is 0 Å². The van der Waals surface area contributed by atoms with Crippen LogP contribution in [0.4, 0.5) is 5.69 Å². The number of hydrogen-bond acceptors (Lipinski definition) is 4. The van der Waals surface area contributed by atoms with Gasteiger partial charge in [-0.25, -0.2) is 4.79 Å². The zero-order valence-electron chi connectivity index (χ0n) is 11.1. The van der Waals surface area contributed by atoms with E-state index in [4.69, 9.17) is 10.2 Å². The monoisotopic (exact) mass is 261 g/mol. The highest BCUT2D eigenvalue weighted by atomic mass is 16.4.